The quantitative estimate of drug-likeness (QED) is 0.505. The van der Waals surface area contributed by atoms with Gasteiger partial charge in [-0.1, -0.05) is 48.5 Å². The van der Waals surface area contributed by atoms with Crippen LogP contribution in [0.4, 0.5) is 4.79 Å². The highest BCUT2D eigenvalue weighted by Crippen LogP contribution is 2.44. The normalized spacial score (nSPS) is 19.5. The Morgan fingerprint density at radius 1 is 1.11 bits per heavy atom. The van der Waals surface area contributed by atoms with E-state index < -0.39 is 24.0 Å². The van der Waals surface area contributed by atoms with Crippen LogP contribution in [0.2, 0.25) is 0 Å². The Kier molecular flexibility index (Phi) is 7.68. The molecule has 2 amide bonds. The molecule has 1 fully saturated rings. The number of carboxylic acid groups (broad SMARTS) is 1. The summed E-state index contributed by atoms with van der Waals surface area (Å²) < 4.78 is 11.1. The van der Waals surface area contributed by atoms with Crippen molar-refractivity contribution in [3.8, 4) is 23.5 Å². The lowest BCUT2D eigenvalue weighted by Gasteiger charge is -2.31. The fourth-order valence-corrected chi connectivity index (χ4v) is 4.79. The van der Waals surface area contributed by atoms with Crippen molar-refractivity contribution < 1.29 is 29.0 Å². The molecule has 0 spiro atoms. The van der Waals surface area contributed by atoms with E-state index in [2.05, 4.69) is 40.8 Å². The van der Waals surface area contributed by atoms with E-state index in [-0.39, 0.29) is 43.9 Å². The lowest BCUT2D eigenvalue weighted by molar-refractivity contribution is -0.142. The molecule has 8 nitrogen and oxygen atoms in total. The van der Waals surface area contributed by atoms with E-state index in [1.165, 1.54) is 0 Å². The first-order valence-corrected chi connectivity index (χ1v) is 11.6. The fraction of sp³-hybridized carbons (Fsp3) is 0.370. The van der Waals surface area contributed by atoms with Crippen molar-refractivity contribution in [3.63, 3.8) is 0 Å². The average molecular weight is 477 g/mol. The second-order valence-electron chi connectivity index (χ2n) is 8.77. The maximum absolute atomic E-state index is 12.7. The molecule has 0 radical (unpaired) electrons. The van der Waals surface area contributed by atoms with Crippen molar-refractivity contribution in [1.29, 1.82) is 0 Å². The fourth-order valence-electron chi connectivity index (χ4n) is 4.79. The predicted octanol–water partition coefficient (Wildman–Crippen LogP) is 2.91. The van der Waals surface area contributed by atoms with Gasteiger partial charge in [0.25, 0.3) is 0 Å². The number of ether oxygens (including phenoxy) is 2. The summed E-state index contributed by atoms with van der Waals surface area (Å²) in [7, 11) is 0. The molecule has 2 aliphatic rings. The number of nitrogens with one attached hydrogen (secondary N) is 2. The summed E-state index contributed by atoms with van der Waals surface area (Å²) in [5, 5.41) is 14.5. The summed E-state index contributed by atoms with van der Waals surface area (Å²) in [6.07, 6.45) is 5.05. The molecule has 0 bridgehead atoms. The van der Waals surface area contributed by atoms with Gasteiger partial charge in [-0.15, -0.1) is 12.3 Å². The van der Waals surface area contributed by atoms with Crippen molar-refractivity contribution in [1.82, 2.24) is 10.6 Å². The Bertz CT molecular complexity index is 1090. The number of carboxylic acids is 1. The smallest absolute Gasteiger partial charge is 0.407 e. The van der Waals surface area contributed by atoms with Gasteiger partial charge in [0.2, 0.25) is 5.91 Å². The summed E-state index contributed by atoms with van der Waals surface area (Å²) >= 11 is 0. The number of rotatable bonds is 8. The topological polar surface area (TPSA) is 114 Å². The molecule has 0 saturated carbocycles. The lowest BCUT2D eigenvalue weighted by atomic mass is 9.92. The van der Waals surface area contributed by atoms with Crippen LogP contribution in [0.5, 0.6) is 0 Å². The molecule has 3 atom stereocenters. The standard InChI is InChI=1S/C27H28N2O6/c1-2-7-24(26(31)32)28-25(30)14-17-15-34-13-12-23(17)29-27(33)35-16-22-20-10-5-3-8-18(20)19-9-4-6-11-21(19)22/h1,3-6,8-11,17,22-24H,7,12-16H2,(H,28,30)(H,29,33)(H,31,32). The van der Waals surface area contributed by atoms with Crippen molar-refractivity contribution in [2.24, 2.45) is 5.92 Å². The third kappa shape index (κ3) is 5.64. The molecule has 2 aromatic carbocycles. The SMILES string of the molecule is C#CCC(NC(=O)CC1COCCC1NC(=O)OCC1c2ccccc2-c2ccccc21)C(=O)O. The second kappa shape index (κ2) is 11.1. The summed E-state index contributed by atoms with van der Waals surface area (Å²) in [6.45, 7) is 0.913. The Balaban J connectivity index is 1.34. The Hall–Kier alpha value is -3.83. The molecule has 4 rings (SSSR count). The first kappa shape index (κ1) is 24.3. The van der Waals surface area contributed by atoms with Crippen molar-refractivity contribution in [2.75, 3.05) is 19.8 Å². The Morgan fingerprint density at radius 2 is 1.77 bits per heavy atom. The van der Waals surface area contributed by atoms with E-state index in [0.29, 0.717) is 13.0 Å². The van der Waals surface area contributed by atoms with Crippen molar-refractivity contribution in [2.45, 2.75) is 37.3 Å². The minimum absolute atomic E-state index is 0.00265. The molecule has 3 N–H and O–H groups in total. The summed E-state index contributed by atoms with van der Waals surface area (Å²) in [5.74, 6) is 0.240. The van der Waals surface area contributed by atoms with Crippen LogP contribution in [-0.4, -0.2) is 55.0 Å². The highest BCUT2D eigenvalue weighted by Gasteiger charge is 2.32. The summed E-state index contributed by atoms with van der Waals surface area (Å²) in [5.41, 5.74) is 4.55. The number of benzene rings is 2. The van der Waals surface area contributed by atoms with Crippen molar-refractivity contribution >= 4 is 18.0 Å². The first-order valence-electron chi connectivity index (χ1n) is 11.6. The summed E-state index contributed by atoms with van der Waals surface area (Å²) in [6, 6.07) is 14.7. The van der Waals surface area contributed by atoms with E-state index in [9.17, 15) is 19.5 Å². The minimum atomic E-state index is -1.19. The number of amides is 2. The molecule has 3 unspecified atom stereocenters. The molecule has 1 saturated heterocycles. The van der Waals surface area contributed by atoms with E-state index in [1.807, 2.05) is 24.3 Å². The third-order valence-electron chi connectivity index (χ3n) is 6.52. The zero-order chi connectivity index (χ0) is 24.8. The van der Waals surface area contributed by atoms with Crippen LogP contribution in [0.1, 0.15) is 36.3 Å². The number of fused-ring (bicyclic) bond motifs is 3. The van der Waals surface area contributed by atoms with Gasteiger partial charge in [-0.05, 0) is 28.7 Å². The van der Waals surface area contributed by atoms with Crippen molar-refractivity contribution in [3.05, 3.63) is 59.7 Å². The van der Waals surface area contributed by atoms with Gasteiger partial charge < -0.3 is 25.2 Å². The maximum atomic E-state index is 12.7. The molecule has 0 aromatic heterocycles. The molecule has 182 valence electrons. The van der Waals surface area contributed by atoms with Gasteiger partial charge >= 0.3 is 12.1 Å². The highest BCUT2D eigenvalue weighted by atomic mass is 16.5. The first-order chi connectivity index (χ1) is 17.0. The molecule has 1 aliphatic carbocycles. The number of hydrogen-bond acceptors (Lipinski definition) is 5. The molecule has 8 heteroatoms. The van der Waals surface area contributed by atoms with Crippen LogP contribution < -0.4 is 10.6 Å². The number of terminal acetylenes is 1. The molecule has 1 aliphatic heterocycles. The molecule has 35 heavy (non-hydrogen) atoms. The summed E-state index contributed by atoms with van der Waals surface area (Å²) in [4.78, 5) is 36.4. The van der Waals surface area contributed by atoms with Crippen LogP contribution in [0.25, 0.3) is 11.1 Å². The third-order valence-corrected chi connectivity index (χ3v) is 6.52. The van der Waals surface area contributed by atoms with Gasteiger partial charge in [-0.25, -0.2) is 9.59 Å². The monoisotopic (exact) mass is 476 g/mol. The van der Waals surface area contributed by atoms with Gasteiger partial charge in [-0.3, -0.25) is 4.79 Å². The molecule has 2 aromatic rings. The van der Waals surface area contributed by atoms with Gasteiger partial charge in [0.05, 0.1) is 6.61 Å². The van der Waals surface area contributed by atoms with Crippen LogP contribution >= 0.6 is 0 Å². The highest BCUT2D eigenvalue weighted by molar-refractivity contribution is 5.84. The maximum Gasteiger partial charge on any atom is 0.407 e. The molecule has 1 heterocycles. The van der Waals surface area contributed by atoms with Gasteiger partial charge in [-0.2, -0.15) is 0 Å². The van der Waals surface area contributed by atoms with Crippen LogP contribution in [-0.2, 0) is 19.1 Å². The van der Waals surface area contributed by atoms with Crippen LogP contribution in [0.3, 0.4) is 0 Å². The lowest BCUT2D eigenvalue weighted by Crippen LogP contribution is -2.48. The molecular weight excluding hydrogens is 448 g/mol. The van der Waals surface area contributed by atoms with E-state index in [1.54, 1.807) is 0 Å². The van der Waals surface area contributed by atoms with E-state index in [0.717, 1.165) is 22.3 Å². The van der Waals surface area contributed by atoms with Gasteiger partial charge in [0, 0.05) is 37.3 Å². The number of hydrogen-bond donors (Lipinski definition) is 3. The number of carbonyl (C=O) groups excluding carboxylic acids is 2. The predicted molar refractivity (Wildman–Crippen MR) is 129 cm³/mol. The van der Waals surface area contributed by atoms with Gasteiger partial charge in [0.15, 0.2) is 0 Å². The largest absolute Gasteiger partial charge is 0.480 e. The Morgan fingerprint density at radius 3 is 2.40 bits per heavy atom. The zero-order valence-electron chi connectivity index (χ0n) is 19.2. The number of carbonyl (C=O) groups is 3. The Labute approximate surface area is 204 Å². The van der Waals surface area contributed by atoms with Crippen LogP contribution in [0.15, 0.2) is 48.5 Å². The van der Waals surface area contributed by atoms with Gasteiger partial charge in [0.1, 0.15) is 12.6 Å². The second-order valence-corrected chi connectivity index (χ2v) is 8.77. The van der Waals surface area contributed by atoms with Crippen LogP contribution in [0, 0.1) is 18.3 Å². The molecular formula is C27H28N2O6. The minimum Gasteiger partial charge on any atom is -0.480 e. The zero-order valence-corrected chi connectivity index (χ0v) is 19.2. The average Bonchev–Trinajstić information content (AvgIpc) is 3.17. The number of aliphatic carboxylic acids is 1. The number of alkyl carbamates (subject to hydrolysis) is 1. The van der Waals surface area contributed by atoms with E-state index in [4.69, 9.17) is 15.9 Å². The van der Waals surface area contributed by atoms with E-state index >= 15 is 0 Å².